The number of carbonyl (C=O) groups excluding carboxylic acids is 1. The molecule has 0 heterocycles. The largest absolute Gasteiger partial charge is 0.494 e. The van der Waals surface area contributed by atoms with Crippen LogP contribution in [0.3, 0.4) is 0 Å². The smallest absolute Gasteiger partial charge is 0.305 e. The molecular formula is C15H21NO4. The van der Waals surface area contributed by atoms with Gasteiger partial charge in [0.05, 0.1) is 13.0 Å². The van der Waals surface area contributed by atoms with Crippen LogP contribution in [-0.2, 0) is 4.79 Å². The lowest BCUT2D eigenvalue weighted by atomic mass is 10.1. The van der Waals surface area contributed by atoms with Gasteiger partial charge in [0.25, 0.3) is 5.91 Å². The lowest BCUT2D eigenvalue weighted by molar-refractivity contribution is -0.137. The van der Waals surface area contributed by atoms with E-state index in [4.69, 9.17) is 9.84 Å². The van der Waals surface area contributed by atoms with Gasteiger partial charge in [-0.15, -0.1) is 0 Å². The Morgan fingerprint density at radius 1 is 1.35 bits per heavy atom. The first-order valence-electron chi connectivity index (χ1n) is 6.71. The fourth-order valence-electron chi connectivity index (χ4n) is 1.86. The number of amides is 1. The second-order valence-electron chi connectivity index (χ2n) is 4.70. The van der Waals surface area contributed by atoms with Crippen LogP contribution in [0.25, 0.3) is 0 Å². The number of hydrogen-bond acceptors (Lipinski definition) is 3. The molecule has 1 aromatic carbocycles. The van der Waals surface area contributed by atoms with Crippen LogP contribution >= 0.6 is 0 Å². The van der Waals surface area contributed by atoms with Gasteiger partial charge in [-0.3, -0.25) is 9.59 Å². The van der Waals surface area contributed by atoms with E-state index in [-0.39, 0.29) is 24.9 Å². The number of ether oxygens (including phenoxy) is 1. The van der Waals surface area contributed by atoms with Gasteiger partial charge >= 0.3 is 5.97 Å². The average molecular weight is 279 g/mol. The molecule has 1 aromatic rings. The molecule has 5 nitrogen and oxygen atoms in total. The highest BCUT2D eigenvalue weighted by Gasteiger charge is 2.19. The molecule has 0 unspecified atom stereocenters. The third-order valence-electron chi connectivity index (χ3n) is 2.84. The van der Waals surface area contributed by atoms with Crippen LogP contribution in [0, 0.1) is 0 Å². The van der Waals surface area contributed by atoms with Crippen molar-refractivity contribution in [1.82, 2.24) is 4.90 Å². The van der Waals surface area contributed by atoms with Crippen molar-refractivity contribution in [2.45, 2.75) is 33.2 Å². The molecule has 0 bridgehead atoms. The van der Waals surface area contributed by atoms with Crippen molar-refractivity contribution in [3.63, 3.8) is 0 Å². The third kappa shape index (κ3) is 4.57. The molecule has 0 atom stereocenters. The van der Waals surface area contributed by atoms with Crippen molar-refractivity contribution in [2.75, 3.05) is 13.2 Å². The number of aliphatic carboxylic acids is 1. The van der Waals surface area contributed by atoms with Gasteiger partial charge in [-0.05, 0) is 39.0 Å². The zero-order chi connectivity index (χ0) is 15.1. The Bertz CT molecular complexity index is 471. The van der Waals surface area contributed by atoms with Crippen LogP contribution in [0.2, 0.25) is 0 Å². The van der Waals surface area contributed by atoms with E-state index in [0.717, 1.165) is 0 Å². The molecular weight excluding hydrogens is 258 g/mol. The van der Waals surface area contributed by atoms with Gasteiger partial charge in [-0.25, -0.2) is 0 Å². The molecule has 0 aromatic heterocycles. The predicted octanol–water partition coefficient (Wildman–Crippen LogP) is 2.41. The van der Waals surface area contributed by atoms with Crippen molar-refractivity contribution in [2.24, 2.45) is 0 Å². The van der Waals surface area contributed by atoms with Gasteiger partial charge in [0.15, 0.2) is 0 Å². The zero-order valence-corrected chi connectivity index (χ0v) is 12.1. The lowest BCUT2D eigenvalue weighted by Crippen LogP contribution is -2.38. The first-order chi connectivity index (χ1) is 9.45. The Hall–Kier alpha value is -2.04. The summed E-state index contributed by atoms with van der Waals surface area (Å²) >= 11 is 0. The summed E-state index contributed by atoms with van der Waals surface area (Å²) in [7, 11) is 0. The quantitative estimate of drug-likeness (QED) is 0.832. The molecule has 0 aliphatic rings. The van der Waals surface area contributed by atoms with Gasteiger partial charge in [0.2, 0.25) is 0 Å². The Morgan fingerprint density at radius 2 is 2.05 bits per heavy atom. The second kappa shape index (κ2) is 7.53. The third-order valence-corrected chi connectivity index (χ3v) is 2.84. The second-order valence-corrected chi connectivity index (χ2v) is 4.70. The molecule has 5 heteroatoms. The summed E-state index contributed by atoms with van der Waals surface area (Å²) in [5.41, 5.74) is 0.509. The molecule has 0 fully saturated rings. The molecule has 0 saturated heterocycles. The van der Waals surface area contributed by atoms with Crippen LogP contribution < -0.4 is 4.74 Å². The van der Waals surface area contributed by atoms with E-state index in [2.05, 4.69) is 0 Å². The normalized spacial score (nSPS) is 10.4. The zero-order valence-electron chi connectivity index (χ0n) is 12.1. The fourth-order valence-corrected chi connectivity index (χ4v) is 1.86. The average Bonchev–Trinajstić information content (AvgIpc) is 2.38. The van der Waals surface area contributed by atoms with E-state index in [1.165, 1.54) is 0 Å². The number of nitrogens with zero attached hydrogens (tertiary/aromatic N) is 1. The van der Waals surface area contributed by atoms with Crippen LogP contribution in [0.4, 0.5) is 0 Å². The van der Waals surface area contributed by atoms with E-state index in [0.29, 0.717) is 17.9 Å². The highest BCUT2D eigenvalue weighted by Crippen LogP contribution is 2.16. The summed E-state index contributed by atoms with van der Waals surface area (Å²) in [6.07, 6.45) is -0.0604. The Labute approximate surface area is 119 Å². The van der Waals surface area contributed by atoms with E-state index in [1.807, 2.05) is 20.8 Å². The minimum absolute atomic E-state index is 0.0578. The van der Waals surface area contributed by atoms with Crippen molar-refractivity contribution < 1.29 is 19.4 Å². The first-order valence-corrected chi connectivity index (χ1v) is 6.71. The molecule has 1 amide bonds. The molecule has 0 spiro atoms. The summed E-state index contributed by atoms with van der Waals surface area (Å²) in [6, 6.07) is 6.88. The van der Waals surface area contributed by atoms with Crippen LogP contribution in [0.1, 0.15) is 37.6 Å². The number of rotatable bonds is 7. The number of carboxylic acid groups (broad SMARTS) is 1. The highest BCUT2D eigenvalue weighted by atomic mass is 16.5. The summed E-state index contributed by atoms with van der Waals surface area (Å²) in [4.78, 5) is 24.7. The molecule has 0 saturated carbocycles. The lowest BCUT2D eigenvalue weighted by Gasteiger charge is -2.26. The SMILES string of the molecule is CCOc1cccc(C(=O)N(CCC(=O)O)C(C)C)c1. The maximum absolute atomic E-state index is 12.4. The number of benzene rings is 1. The summed E-state index contributed by atoms with van der Waals surface area (Å²) in [5.74, 6) is -0.449. The van der Waals surface area contributed by atoms with Crippen molar-refractivity contribution in [3.8, 4) is 5.75 Å². The summed E-state index contributed by atoms with van der Waals surface area (Å²) in [6.45, 7) is 6.34. The number of carboxylic acids is 1. The molecule has 0 radical (unpaired) electrons. The van der Waals surface area contributed by atoms with Gasteiger partial charge in [-0.2, -0.15) is 0 Å². The van der Waals surface area contributed by atoms with Crippen LogP contribution in [-0.4, -0.2) is 41.1 Å². The number of hydrogen-bond donors (Lipinski definition) is 1. The molecule has 1 rings (SSSR count). The summed E-state index contributed by atoms with van der Waals surface area (Å²) in [5, 5.41) is 8.75. The highest BCUT2D eigenvalue weighted by molar-refractivity contribution is 5.95. The maximum Gasteiger partial charge on any atom is 0.305 e. The van der Waals surface area contributed by atoms with Gasteiger partial charge in [0.1, 0.15) is 5.75 Å². The predicted molar refractivity (Wildman–Crippen MR) is 76.0 cm³/mol. The van der Waals surface area contributed by atoms with Crippen molar-refractivity contribution in [1.29, 1.82) is 0 Å². The number of carbonyl (C=O) groups is 2. The molecule has 0 aliphatic heterocycles. The fraction of sp³-hybridized carbons (Fsp3) is 0.467. The van der Waals surface area contributed by atoms with Crippen molar-refractivity contribution >= 4 is 11.9 Å². The Balaban J connectivity index is 2.88. The van der Waals surface area contributed by atoms with Crippen LogP contribution in [0.15, 0.2) is 24.3 Å². The van der Waals surface area contributed by atoms with Gasteiger partial charge < -0.3 is 14.7 Å². The molecule has 0 aliphatic carbocycles. The van der Waals surface area contributed by atoms with Gasteiger partial charge in [-0.1, -0.05) is 6.07 Å². The Kier molecular flexibility index (Phi) is 6.03. The van der Waals surface area contributed by atoms with E-state index in [9.17, 15) is 9.59 Å². The molecule has 110 valence electrons. The maximum atomic E-state index is 12.4. The first kappa shape index (κ1) is 16.0. The molecule has 20 heavy (non-hydrogen) atoms. The Morgan fingerprint density at radius 3 is 2.60 bits per heavy atom. The van der Waals surface area contributed by atoms with Gasteiger partial charge in [0, 0.05) is 18.2 Å². The summed E-state index contributed by atoms with van der Waals surface area (Å²) < 4.78 is 5.37. The van der Waals surface area contributed by atoms with E-state index in [1.54, 1.807) is 29.2 Å². The molecule has 1 N–H and O–H groups in total. The van der Waals surface area contributed by atoms with Crippen molar-refractivity contribution in [3.05, 3.63) is 29.8 Å². The standard InChI is InChI=1S/C15H21NO4/c1-4-20-13-7-5-6-12(10-13)15(19)16(11(2)3)9-8-14(17)18/h5-7,10-11H,4,8-9H2,1-3H3,(H,17,18). The minimum Gasteiger partial charge on any atom is -0.494 e. The monoisotopic (exact) mass is 279 g/mol. The topological polar surface area (TPSA) is 66.8 Å². The van der Waals surface area contributed by atoms with Crippen LogP contribution in [0.5, 0.6) is 5.75 Å². The minimum atomic E-state index is -0.911. The van der Waals surface area contributed by atoms with E-state index >= 15 is 0 Å². The van der Waals surface area contributed by atoms with E-state index < -0.39 is 5.97 Å².